The number of fused-ring (bicyclic) bond motifs is 2. The lowest BCUT2D eigenvalue weighted by Gasteiger charge is -2.24. The van der Waals surface area contributed by atoms with Gasteiger partial charge in [-0.2, -0.15) is 0 Å². The van der Waals surface area contributed by atoms with Gasteiger partial charge in [-0.1, -0.05) is 31.2 Å². The van der Waals surface area contributed by atoms with E-state index in [0.717, 1.165) is 17.5 Å². The molecular formula is C26H22N2O4. The molecule has 0 N–H and O–H groups in total. The van der Waals surface area contributed by atoms with Crippen LogP contribution in [-0.2, 0) is 0 Å². The predicted octanol–water partition coefficient (Wildman–Crippen LogP) is 5.04. The van der Waals surface area contributed by atoms with Gasteiger partial charge in [0.05, 0.1) is 23.6 Å². The van der Waals surface area contributed by atoms with Crippen LogP contribution in [0.25, 0.3) is 11.0 Å². The molecule has 0 aliphatic carbocycles. The fourth-order valence-corrected chi connectivity index (χ4v) is 4.12. The van der Waals surface area contributed by atoms with E-state index < -0.39 is 6.04 Å². The summed E-state index contributed by atoms with van der Waals surface area (Å²) in [6.07, 6.45) is 2.54. The molecule has 160 valence electrons. The summed E-state index contributed by atoms with van der Waals surface area (Å²) < 4.78 is 11.8. The Morgan fingerprint density at radius 1 is 1.06 bits per heavy atom. The van der Waals surface area contributed by atoms with Crippen molar-refractivity contribution in [2.75, 3.05) is 11.5 Å². The largest absolute Gasteiger partial charge is 0.494 e. The zero-order valence-electron chi connectivity index (χ0n) is 17.9. The standard InChI is InChI=1S/C26H22N2O4/c1-3-13-31-18-8-6-7-17(15-18)23-22-24(29)19-9-4-5-10-20(19)32-25(22)26(30)28(23)21-14-16(2)11-12-27-21/h4-12,14-15,23H,3,13H2,1-2H3/t23-/m1/s1. The first-order valence-corrected chi connectivity index (χ1v) is 10.6. The maximum absolute atomic E-state index is 13.6. The number of pyridine rings is 1. The fraction of sp³-hybridized carbons (Fsp3) is 0.192. The SMILES string of the molecule is CCCOc1cccc([C@@H]2c3c(oc4ccccc4c3=O)C(=O)N2c2cc(C)ccn2)c1. The van der Waals surface area contributed by atoms with Gasteiger partial charge in [-0.15, -0.1) is 0 Å². The molecule has 0 fully saturated rings. The van der Waals surface area contributed by atoms with Crippen LogP contribution >= 0.6 is 0 Å². The molecule has 0 bridgehead atoms. The van der Waals surface area contributed by atoms with Crippen LogP contribution in [0.15, 0.2) is 76.1 Å². The molecule has 5 rings (SSSR count). The highest BCUT2D eigenvalue weighted by atomic mass is 16.5. The first kappa shape index (κ1) is 20.0. The summed E-state index contributed by atoms with van der Waals surface area (Å²) >= 11 is 0. The van der Waals surface area contributed by atoms with E-state index in [1.54, 1.807) is 35.4 Å². The highest BCUT2D eigenvalue weighted by Crippen LogP contribution is 2.41. The van der Waals surface area contributed by atoms with Gasteiger partial charge in [0.1, 0.15) is 17.2 Å². The molecular weight excluding hydrogens is 404 g/mol. The average molecular weight is 426 g/mol. The van der Waals surface area contributed by atoms with E-state index in [1.807, 2.05) is 50.2 Å². The molecule has 6 heteroatoms. The normalized spacial score (nSPS) is 15.2. The summed E-state index contributed by atoms with van der Waals surface area (Å²) in [5.74, 6) is 0.829. The third kappa shape index (κ3) is 3.24. The van der Waals surface area contributed by atoms with Crippen LogP contribution in [0.2, 0.25) is 0 Å². The lowest BCUT2D eigenvalue weighted by Crippen LogP contribution is -2.30. The Balaban J connectivity index is 1.76. The van der Waals surface area contributed by atoms with Crippen molar-refractivity contribution >= 4 is 22.7 Å². The van der Waals surface area contributed by atoms with Gasteiger partial charge in [-0.05, 0) is 60.9 Å². The molecule has 4 aromatic rings. The lowest BCUT2D eigenvalue weighted by atomic mass is 9.98. The highest BCUT2D eigenvalue weighted by molar-refractivity contribution is 6.10. The van der Waals surface area contributed by atoms with Crippen LogP contribution in [-0.4, -0.2) is 17.5 Å². The second-order valence-corrected chi connectivity index (χ2v) is 7.86. The van der Waals surface area contributed by atoms with Crippen molar-refractivity contribution < 1.29 is 13.9 Å². The van der Waals surface area contributed by atoms with Crippen LogP contribution in [0.3, 0.4) is 0 Å². The number of aryl methyl sites for hydroxylation is 1. The van der Waals surface area contributed by atoms with Crippen molar-refractivity contribution in [2.45, 2.75) is 26.3 Å². The van der Waals surface area contributed by atoms with E-state index in [4.69, 9.17) is 9.15 Å². The average Bonchev–Trinajstić information content (AvgIpc) is 3.10. The van der Waals surface area contributed by atoms with Crippen molar-refractivity contribution in [3.05, 3.63) is 99.5 Å². The Labute approximate surface area is 185 Å². The van der Waals surface area contributed by atoms with E-state index in [0.29, 0.717) is 34.7 Å². The van der Waals surface area contributed by atoms with Gasteiger partial charge in [-0.25, -0.2) is 4.98 Å². The molecule has 0 saturated carbocycles. The zero-order valence-corrected chi connectivity index (χ0v) is 17.9. The first-order valence-electron chi connectivity index (χ1n) is 10.6. The Morgan fingerprint density at radius 3 is 2.72 bits per heavy atom. The maximum Gasteiger partial charge on any atom is 0.296 e. The van der Waals surface area contributed by atoms with E-state index >= 15 is 0 Å². The predicted molar refractivity (Wildman–Crippen MR) is 122 cm³/mol. The van der Waals surface area contributed by atoms with Crippen molar-refractivity contribution in [3.63, 3.8) is 0 Å². The topological polar surface area (TPSA) is 72.6 Å². The number of carbonyl (C=O) groups is 1. The molecule has 3 heterocycles. The Bertz CT molecular complexity index is 1390. The molecule has 0 saturated heterocycles. The molecule has 0 spiro atoms. The van der Waals surface area contributed by atoms with Crippen molar-refractivity contribution in [2.24, 2.45) is 0 Å². The second kappa shape index (κ2) is 7.96. The van der Waals surface area contributed by atoms with E-state index in [9.17, 15) is 9.59 Å². The number of aromatic nitrogens is 1. The van der Waals surface area contributed by atoms with Crippen LogP contribution in [0, 0.1) is 6.92 Å². The van der Waals surface area contributed by atoms with Gasteiger partial charge in [0.2, 0.25) is 5.76 Å². The Hall–Kier alpha value is -3.93. The van der Waals surface area contributed by atoms with Gasteiger partial charge in [0, 0.05) is 6.20 Å². The van der Waals surface area contributed by atoms with Crippen molar-refractivity contribution in [1.82, 2.24) is 4.98 Å². The minimum atomic E-state index is -0.669. The smallest absolute Gasteiger partial charge is 0.296 e. The zero-order chi connectivity index (χ0) is 22.2. The third-order valence-corrected chi connectivity index (χ3v) is 5.57. The minimum Gasteiger partial charge on any atom is -0.494 e. The molecule has 1 amide bonds. The van der Waals surface area contributed by atoms with Gasteiger partial charge in [-0.3, -0.25) is 14.5 Å². The molecule has 6 nitrogen and oxygen atoms in total. The second-order valence-electron chi connectivity index (χ2n) is 7.86. The van der Waals surface area contributed by atoms with Gasteiger partial charge in [0.15, 0.2) is 5.43 Å². The third-order valence-electron chi connectivity index (χ3n) is 5.57. The van der Waals surface area contributed by atoms with E-state index in [-0.39, 0.29) is 17.1 Å². The van der Waals surface area contributed by atoms with Crippen molar-refractivity contribution in [1.29, 1.82) is 0 Å². The molecule has 2 aromatic heterocycles. The number of nitrogens with zero attached hydrogens (tertiary/aromatic N) is 2. The van der Waals surface area contributed by atoms with Gasteiger partial charge in [0.25, 0.3) is 5.91 Å². The summed E-state index contributed by atoms with van der Waals surface area (Å²) in [5, 5.41) is 0.446. The number of benzene rings is 2. The number of hydrogen-bond donors (Lipinski definition) is 0. The molecule has 1 aliphatic rings. The number of carbonyl (C=O) groups excluding carboxylic acids is 1. The quantitative estimate of drug-likeness (QED) is 0.447. The summed E-state index contributed by atoms with van der Waals surface area (Å²) in [6.45, 7) is 4.56. The summed E-state index contributed by atoms with van der Waals surface area (Å²) in [6, 6.07) is 17.5. The number of hydrogen-bond acceptors (Lipinski definition) is 5. The Morgan fingerprint density at radius 2 is 1.91 bits per heavy atom. The Kier molecular flexibility index (Phi) is 4.98. The number of amides is 1. The van der Waals surface area contributed by atoms with Crippen LogP contribution in [0.1, 0.15) is 46.6 Å². The first-order chi connectivity index (χ1) is 15.6. The molecule has 2 aromatic carbocycles. The number of anilines is 1. The molecule has 0 radical (unpaired) electrons. The van der Waals surface area contributed by atoms with E-state index in [1.165, 1.54) is 0 Å². The van der Waals surface area contributed by atoms with Crippen molar-refractivity contribution in [3.8, 4) is 5.75 Å². The fourth-order valence-electron chi connectivity index (χ4n) is 4.12. The summed E-state index contributed by atoms with van der Waals surface area (Å²) in [4.78, 5) is 33.1. The lowest BCUT2D eigenvalue weighted by molar-refractivity contribution is 0.0970. The van der Waals surface area contributed by atoms with Crippen LogP contribution in [0.4, 0.5) is 5.82 Å². The molecule has 1 aliphatic heterocycles. The van der Waals surface area contributed by atoms with E-state index in [2.05, 4.69) is 4.98 Å². The number of para-hydroxylation sites is 1. The molecule has 0 unspecified atom stereocenters. The molecule has 32 heavy (non-hydrogen) atoms. The monoisotopic (exact) mass is 426 g/mol. The minimum absolute atomic E-state index is 0.0573. The maximum atomic E-state index is 13.6. The van der Waals surface area contributed by atoms with Gasteiger partial charge < -0.3 is 9.15 Å². The number of ether oxygens (including phenoxy) is 1. The van der Waals surface area contributed by atoms with Gasteiger partial charge >= 0.3 is 0 Å². The highest BCUT2D eigenvalue weighted by Gasteiger charge is 2.44. The number of rotatable bonds is 5. The van der Waals surface area contributed by atoms with Crippen LogP contribution < -0.4 is 15.1 Å². The summed E-state index contributed by atoms with van der Waals surface area (Å²) in [5.41, 5.74) is 2.22. The molecule has 1 atom stereocenters. The van der Waals surface area contributed by atoms with Crippen LogP contribution in [0.5, 0.6) is 5.75 Å². The summed E-state index contributed by atoms with van der Waals surface area (Å²) in [7, 11) is 0.